The molecule has 1 N–H and O–H groups in total. The summed E-state index contributed by atoms with van der Waals surface area (Å²) in [4.78, 5) is 26.6. The Hall–Kier alpha value is -1.98. The lowest BCUT2D eigenvalue weighted by Crippen LogP contribution is -2.25. The Morgan fingerprint density at radius 3 is 2.39 bits per heavy atom. The van der Waals surface area contributed by atoms with Crippen molar-refractivity contribution in [1.29, 1.82) is 0 Å². The number of hydrogen-bond acceptors (Lipinski definition) is 4. The lowest BCUT2D eigenvalue weighted by atomic mass is 9.88. The molecule has 0 aliphatic rings. The molecule has 148 valence electrons. The van der Waals surface area contributed by atoms with E-state index in [1.807, 2.05) is 38.1 Å². The summed E-state index contributed by atoms with van der Waals surface area (Å²) in [6, 6.07) is 12.4. The van der Waals surface area contributed by atoms with Crippen molar-refractivity contribution >= 4 is 30.8 Å². The van der Waals surface area contributed by atoms with Crippen LogP contribution in [-0.4, -0.2) is 14.4 Å². The molecule has 0 amide bonds. The van der Waals surface area contributed by atoms with E-state index in [1.54, 1.807) is 25.2 Å². The van der Waals surface area contributed by atoms with Crippen molar-refractivity contribution in [2.75, 3.05) is 0 Å². The molecule has 3 aromatic rings. The van der Waals surface area contributed by atoms with Crippen LogP contribution in [0.1, 0.15) is 32.3 Å². The van der Waals surface area contributed by atoms with Crippen LogP contribution in [-0.2, 0) is 21.7 Å². The van der Waals surface area contributed by atoms with E-state index in [0.29, 0.717) is 34.6 Å². The van der Waals surface area contributed by atoms with Crippen LogP contribution in [0.25, 0.3) is 22.3 Å². The van der Waals surface area contributed by atoms with Crippen LogP contribution < -0.4 is 5.56 Å². The van der Waals surface area contributed by atoms with Crippen molar-refractivity contribution in [1.82, 2.24) is 9.55 Å². The molecule has 0 aliphatic carbocycles. The van der Waals surface area contributed by atoms with Crippen molar-refractivity contribution in [2.45, 2.75) is 32.3 Å². The minimum absolute atomic E-state index is 0.153. The van der Waals surface area contributed by atoms with E-state index in [1.165, 1.54) is 4.57 Å². The first-order chi connectivity index (χ1) is 13.3. The van der Waals surface area contributed by atoms with Crippen LogP contribution in [0.5, 0.6) is 0 Å². The zero-order valence-corrected chi connectivity index (χ0v) is 17.7. The highest BCUT2D eigenvalue weighted by Gasteiger charge is 2.31. The van der Waals surface area contributed by atoms with Gasteiger partial charge >= 0.3 is 8.25 Å². The summed E-state index contributed by atoms with van der Waals surface area (Å²) in [5, 5.41) is 1.02. The van der Waals surface area contributed by atoms with Gasteiger partial charge in [-0.05, 0) is 36.6 Å². The average molecular weight is 421 g/mol. The van der Waals surface area contributed by atoms with Crippen molar-refractivity contribution in [3.63, 3.8) is 0 Å². The van der Waals surface area contributed by atoms with E-state index in [-0.39, 0.29) is 5.56 Å². The summed E-state index contributed by atoms with van der Waals surface area (Å²) < 4.78 is 18.2. The quantitative estimate of drug-likeness (QED) is 0.586. The number of nitrogens with zero attached hydrogens (tertiary/aromatic N) is 2. The van der Waals surface area contributed by atoms with Gasteiger partial charge in [-0.15, -0.1) is 0 Å². The van der Waals surface area contributed by atoms with Gasteiger partial charge < -0.3 is 4.89 Å². The van der Waals surface area contributed by atoms with Gasteiger partial charge in [0.2, 0.25) is 0 Å². The third-order valence-corrected chi connectivity index (χ3v) is 5.93. The Morgan fingerprint density at radius 2 is 1.82 bits per heavy atom. The lowest BCUT2D eigenvalue weighted by Gasteiger charge is -2.31. The number of benzene rings is 2. The highest BCUT2D eigenvalue weighted by Crippen LogP contribution is 2.40. The molecule has 28 heavy (non-hydrogen) atoms. The number of fused-ring (bicyclic) bond motifs is 1. The molecule has 2 aromatic carbocycles. The molecule has 1 heterocycles. The first-order valence-corrected chi connectivity index (χ1v) is 10.6. The Morgan fingerprint density at radius 1 is 1.18 bits per heavy atom. The molecular formula is C20H22ClN2O4P. The highest BCUT2D eigenvalue weighted by molar-refractivity contribution is 7.32. The fourth-order valence-corrected chi connectivity index (χ4v) is 4.36. The maximum Gasteiger partial charge on any atom is 0.317 e. The van der Waals surface area contributed by atoms with Crippen molar-refractivity contribution < 1.29 is 14.0 Å². The van der Waals surface area contributed by atoms with Crippen LogP contribution in [0.4, 0.5) is 0 Å². The van der Waals surface area contributed by atoms with E-state index >= 15 is 0 Å². The van der Waals surface area contributed by atoms with Crippen LogP contribution in [0.2, 0.25) is 5.02 Å². The van der Waals surface area contributed by atoms with Gasteiger partial charge in [-0.1, -0.05) is 49.7 Å². The summed E-state index contributed by atoms with van der Waals surface area (Å²) in [7, 11) is -1.41. The predicted molar refractivity (Wildman–Crippen MR) is 112 cm³/mol. The van der Waals surface area contributed by atoms with Gasteiger partial charge in [-0.25, -0.2) is 4.98 Å². The predicted octanol–water partition coefficient (Wildman–Crippen LogP) is 4.67. The van der Waals surface area contributed by atoms with Gasteiger partial charge in [0.1, 0.15) is 11.4 Å². The maximum atomic E-state index is 12.7. The first-order valence-electron chi connectivity index (χ1n) is 9.00. The lowest BCUT2D eigenvalue weighted by molar-refractivity contribution is 0.0536. The third kappa shape index (κ3) is 3.78. The minimum atomic E-state index is -3.08. The second-order valence-electron chi connectivity index (χ2n) is 6.61. The van der Waals surface area contributed by atoms with Gasteiger partial charge in [0.05, 0.1) is 10.9 Å². The zero-order valence-electron chi connectivity index (χ0n) is 15.9. The van der Waals surface area contributed by atoms with E-state index < -0.39 is 13.9 Å². The molecular weight excluding hydrogens is 399 g/mol. The molecule has 0 fully saturated rings. The molecule has 0 saturated heterocycles. The van der Waals surface area contributed by atoms with E-state index in [0.717, 1.165) is 11.1 Å². The van der Waals surface area contributed by atoms with Gasteiger partial charge in [0.25, 0.3) is 5.56 Å². The largest absolute Gasteiger partial charge is 0.326 e. The second kappa shape index (κ2) is 8.18. The molecule has 0 saturated carbocycles. The van der Waals surface area contributed by atoms with E-state index in [2.05, 4.69) is 4.98 Å². The summed E-state index contributed by atoms with van der Waals surface area (Å²) in [5.41, 5.74) is 1.12. The molecule has 1 aromatic heterocycles. The molecule has 8 heteroatoms. The Balaban J connectivity index is 2.10. The second-order valence-corrected chi connectivity index (χ2v) is 7.78. The fourth-order valence-electron chi connectivity index (χ4n) is 3.45. The van der Waals surface area contributed by atoms with Crippen LogP contribution >= 0.6 is 19.9 Å². The highest BCUT2D eigenvalue weighted by atomic mass is 35.5. The minimum Gasteiger partial charge on any atom is -0.326 e. The van der Waals surface area contributed by atoms with Crippen molar-refractivity contribution in [3.05, 3.63) is 63.4 Å². The smallest absolute Gasteiger partial charge is 0.317 e. The van der Waals surface area contributed by atoms with Crippen LogP contribution in [0.3, 0.4) is 0 Å². The standard InChI is InChI=1S/C20H22ClN2O4P/c1-4-20(5-2,27-28(25)26)14-8-6-13(7-9-14)18-22-17-12-15(21)10-11-16(17)19(24)23(18)3/h6-12,28H,4-5H2,1-3H3,(H,25,26). The normalized spacial score (nSPS) is 13.0. The number of aromatic nitrogens is 2. The number of rotatable bonds is 6. The first kappa shape index (κ1) is 20.7. The Bertz CT molecular complexity index is 1090. The monoisotopic (exact) mass is 420 g/mol. The molecule has 0 bridgehead atoms. The zero-order chi connectivity index (χ0) is 20.5. The van der Waals surface area contributed by atoms with Gasteiger partial charge in [0.15, 0.2) is 0 Å². The van der Waals surface area contributed by atoms with Crippen molar-refractivity contribution in [2.24, 2.45) is 7.05 Å². The molecule has 1 atom stereocenters. The third-order valence-electron chi connectivity index (χ3n) is 5.13. The number of halogens is 1. The SMILES string of the molecule is CCC(CC)(O[PH](=O)O)c1ccc(-c2nc3cc(Cl)ccc3c(=O)n2C)cc1. The molecule has 0 spiro atoms. The summed E-state index contributed by atoms with van der Waals surface area (Å²) in [6.45, 7) is 3.83. The van der Waals surface area contributed by atoms with Crippen LogP contribution in [0.15, 0.2) is 47.3 Å². The molecule has 1 unspecified atom stereocenters. The molecule has 6 nitrogen and oxygen atoms in total. The Labute approximate surface area is 168 Å². The topological polar surface area (TPSA) is 81.4 Å². The van der Waals surface area contributed by atoms with Gasteiger partial charge in [-0.3, -0.25) is 18.5 Å². The van der Waals surface area contributed by atoms with Crippen molar-refractivity contribution in [3.8, 4) is 11.4 Å². The van der Waals surface area contributed by atoms with Gasteiger partial charge in [-0.2, -0.15) is 0 Å². The maximum absolute atomic E-state index is 12.7. The van der Waals surface area contributed by atoms with E-state index in [9.17, 15) is 14.3 Å². The van der Waals surface area contributed by atoms with Crippen LogP contribution in [0, 0.1) is 0 Å². The number of hydrogen-bond donors (Lipinski definition) is 1. The summed E-state index contributed by atoms with van der Waals surface area (Å²) >= 11 is 6.05. The fraction of sp³-hybridized carbons (Fsp3) is 0.300. The summed E-state index contributed by atoms with van der Waals surface area (Å²) in [5.74, 6) is 0.515. The Kier molecular flexibility index (Phi) is 6.06. The average Bonchev–Trinajstić information content (AvgIpc) is 2.69. The molecule has 0 radical (unpaired) electrons. The summed E-state index contributed by atoms with van der Waals surface area (Å²) in [6.07, 6.45) is 1.12. The molecule has 0 aliphatic heterocycles. The molecule has 3 rings (SSSR count). The van der Waals surface area contributed by atoms with E-state index in [4.69, 9.17) is 16.1 Å². The van der Waals surface area contributed by atoms with Gasteiger partial charge in [0, 0.05) is 17.6 Å².